The molecule has 0 atom stereocenters. The molecule has 0 amide bonds. The molecule has 2 N–H and O–H groups in total. The summed E-state index contributed by atoms with van der Waals surface area (Å²) in [6, 6.07) is 8.20. The molecule has 0 fully saturated rings. The van der Waals surface area contributed by atoms with Crippen LogP contribution in [0, 0.1) is 0 Å². The molecule has 0 unspecified atom stereocenters. The third kappa shape index (κ3) is 2.22. The quantitative estimate of drug-likeness (QED) is 0.788. The van der Waals surface area contributed by atoms with Gasteiger partial charge in [-0.1, -0.05) is 12.1 Å². The van der Waals surface area contributed by atoms with Crippen molar-refractivity contribution in [3.05, 3.63) is 45.4 Å². The first-order valence-electron chi connectivity index (χ1n) is 5.33. The zero-order valence-electron chi connectivity index (χ0n) is 9.09. The highest BCUT2D eigenvalue weighted by Gasteiger charge is 2.07. The van der Waals surface area contributed by atoms with Crippen LogP contribution in [-0.2, 0) is 13.0 Å². The molecule has 0 radical (unpaired) electrons. The van der Waals surface area contributed by atoms with E-state index in [0.29, 0.717) is 6.54 Å². The van der Waals surface area contributed by atoms with Crippen LogP contribution in [0.2, 0.25) is 0 Å². The molecular formula is C12H11N3S2. The molecule has 86 valence electrons. The SMILES string of the molecule is NCc1csc(Cc2nc3ccccc3s2)n1. The number of nitrogens with zero attached hydrogens (tertiary/aromatic N) is 2. The fourth-order valence-electron chi connectivity index (χ4n) is 1.65. The fraction of sp³-hybridized carbons (Fsp3) is 0.167. The number of para-hydroxylation sites is 1. The van der Waals surface area contributed by atoms with Gasteiger partial charge in [-0.15, -0.1) is 22.7 Å². The molecule has 1 aromatic carbocycles. The monoisotopic (exact) mass is 261 g/mol. The van der Waals surface area contributed by atoms with E-state index < -0.39 is 0 Å². The third-order valence-electron chi connectivity index (χ3n) is 2.45. The van der Waals surface area contributed by atoms with Crippen LogP contribution in [0.25, 0.3) is 10.2 Å². The molecule has 2 heterocycles. The normalized spacial score (nSPS) is 11.1. The molecule has 0 bridgehead atoms. The summed E-state index contributed by atoms with van der Waals surface area (Å²) < 4.78 is 1.23. The van der Waals surface area contributed by atoms with Crippen molar-refractivity contribution in [3.63, 3.8) is 0 Å². The van der Waals surface area contributed by atoms with E-state index in [2.05, 4.69) is 16.0 Å². The van der Waals surface area contributed by atoms with Gasteiger partial charge in [-0.2, -0.15) is 0 Å². The molecule has 0 aliphatic carbocycles. The van der Waals surface area contributed by atoms with E-state index in [0.717, 1.165) is 27.6 Å². The summed E-state index contributed by atoms with van der Waals surface area (Å²) in [6.07, 6.45) is 0.810. The second-order valence-electron chi connectivity index (χ2n) is 3.69. The summed E-state index contributed by atoms with van der Waals surface area (Å²) >= 11 is 3.39. The molecule has 0 saturated carbocycles. The molecule has 3 rings (SSSR count). The largest absolute Gasteiger partial charge is 0.325 e. The molecule has 0 aliphatic rings. The van der Waals surface area contributed by atoms with Gasteiger partial charge in [0.15, 0.2) is 0 Å². The lowest BCUT2D eigenvalue weighted by Gasteiger charge is -1.89. The second-order valence-corrected chi connectivity index (χ2v) is 5.75. The maximum atomic E-state index is 5.55. The van der Waals surface area contributed by atoms with Gasteiger partial charge < -0.3 is 5.73 Å². The number of nitrogens with two attached hydrogens (primary N) is 1. The predicted molar refractivity (Wildman–Crippen MR) is 72.4 cm³/mol. The smallest absolute Gasteiger partial charge is 0.101 e. The van der Waals surface area contributed by atoms with Crippen LogP contribution in [0.15, 0.2) is 29.6 Å². The van der Waals surface area contributed by atoms with Gasteiger partial charge in [0.25, 0.3) is 0 Å². The average Bonchev–Trinajstić information content (AvgIpc) is 2.94. The highest BCUT2D eigenvalue weighted by atomic mass is 32.1. The Kier molecular flexibility index (Phi) is 2.88. The lowest BCUT2D eigenvalue weighted by molar-refractivity contribution is 0.980. The Morgan fingerprint density at radius 2 is 2.00 bits per heavy atom. The van der Waals surface area contributed by atoms with Crippen molar-refractivity contribution in [1.29, 1.82) is 0 Å². The van der Waals surface area contributed by atoms with Gasteiger partial charge >= 0.3 is 0 Å². The minimum Gasteiger partial charge on any atom is -0.325 e. The van der Waals surface area contributed by atoms with Gasteiger partial charge in [0, 0.05) is 11.9 Å². The number of rotatable bonds is 3. The lowest BCUT2D eigenvalue weighted by atomic mass is 10.3. The molecule has 17 heavy (non-hydrogen) atoms. The first-order valence-corrected chi connectivity index (χ1v) is 7.02. The summed E-state index contributed by atoms with van der Waals surface area (Å²) in [6.45, 7) is 0.510. The summed E-state index contributed by atoms with van der Waals surface area (Å²) in [5, 5.41) is 4.22. The van der Waals surface area contributed by atoms with Gasteiger partial charge in [-0.05, 0) is 12.1 Å². The number of hydrogen-bond acceptors (Lipinski definition) is 5. The molecule has 3 nitrogen and oxygen atoms in total. The van der Waals surface area contributed by atoms with E-state index in [1.54, 1.807) is 22.7 Å². The Morgan fingerprint density at radius 3 is 2.76 bits per heavy atom. The van der Waals surface area contributed by atoms with Gasteiger partial charge in [-0.25, -0.2) is 9.97 Å². The molecule has 3 aromatic rings. The maximum Gasteiger partial charge on any atom is 0.101 e. The first-order chi connectivity index (χ1) is 8.35. The lowest BCUT2D eigenvalue weighted by Crippen LogP contribution is -1.96. The van der Waals surface area contributed by atoms with Crippen LogP contribution in [0.4, 0.5) is 0 Å². The maximum absolute atomic E-state index is 5.55. The van der Waals surface area contributed by atoms with E-state index in [1.807, 2.05) is 23.6 Å². The van der Waals surface area contributed by atoms with Gasteiger partial charge in [0.2, 0.25) is 0 Å². The highest BCUT2D eigenvalue weighted by Crippen LogP contribution is 2.24. The van der Waals surface area contributed by atoms with Crippen LogP contribution in [0.3, 0.4) is 0 Å². The van der Waals surface area contributed by atoms with Crippen molar-refractivity contribution in [1.82, 2.24) is 9.97 Å². The Labute approximate surface area is 107 Å². The second kappa shape index (κ2) is 4.52. The van der Waals surface area contributed by atoms with Crippen molar-refractivity contribution in [2.45, 2.75) is 13.0 Å². The average molecular weight is 261 g/mol. The van der Waals surface area contributed by atoms with E-state index in [9.17, 15) is 0 Å². The Hall–Kier alpha value is -1.30. The van der Waals surface area contributed by atoms with E-state index >= 15 is 0 Å². The van der Waals surface area contributed by atoms with Crippen LogP contribution in [-0.4, -0.2) is 9.97 Å². The zero-order chi connectivity index (χ0) is 11.7. The predicted octanol–water partition coefficient (Wildman–Crippen LogP) is 2.80. The number of aromatic nitrogens is 2. The highest BCUT2D eigenvalue weighted by molar-refractivity contribution is 7.18. The van der Waals surface area contributed by atoms with Crippen molar-refractivity contribution in [2.75, 3.05) is 0 Å². The van der Waals surface area contributed by atoms with Gasteiger partial charge in [0.05, 0.1) is 27.3 Å². The minimum atomic E-state index is 0.510. The van der Waals surface area contributed by atoms with Crippen LogP contribution in [0.5, 0.6) is 0 Å². The molecule has 5 heteroatoms. The summed E-state index contributed by atoms with van der Waals surface area (Å²) in [5.74, 6) is 0. The van der Waals surface area contributed by atoms with Crippen molar-refractivity contribution in [2.24, 2.45) is 5.73 Å². The molecule has 0 saturated heterocycles. The zero-order valence-corrected chi connectivity index (χ0v) is 10.7. The Balaban J connectivity index is 1.89. The van der Waals surface area contributed by atoms with Gasteiger partial charge in [-0.3, -0.25) is 0 Å². The molecular weight excluding hydrogens is 250 g/mol. The van der Waals surface area contributed by atoms with Crippen molar-refractivity contribution < 1.29 is 0 Å². The number of thiazole rings is 2. The standard InChI is InChI=1S/C12H11N3S2/c13-6-8-7-16-11(14-8)5-12-15-9-3-1-2-4-10(9)17-12/h1-4,7H,5-6,13H2. The summed E-state index contributed by atoms with van der Waals surface area (Å²) in [5.41, 5.74) is 7.59. The van der Waals surface area contributed by atoms with Crippen LogP contribution >= 0.6 is 22.7 Å². The van der Waals surface area contributed by atoms with E-state index in [-0.39, 0.29) is 0 Å². The van der Waals surface area contributed by atoms with Gasteiger partial charge in [0.1, 0.15) is 5.01 Å². The summed E-state index contributed by atoms with van der Waals surface area (Å²) in [4.78, 5) is 9.05. The van der Waals surface area contributed by atoms with E-state index in [1.165, 1.54) is 4.70 Å². The minimum absolute atomic E-state index is 0.510. The van der Waals surface area contributed by atoms with Crippen LogP contribution < -0.4 is 5.73 Å². The number of fused-ring (bicyclic) bond motifs is 1. The summed E-state index contributed by atoms with van der Waals surface area (Å²) in [7, 11) is 0. The fourth-order valence-corrected chi connectivity index (χ4v) is 3.52. The number of hydrogen-bond donors (Lipinski definition) is 1. The topological polar surface area (TPSA) is 51.8 Å². The Bertz CT molecular complexity index is 609. The Morgan fingerprint density at radius 1 is 1.12 bits per heavy atom. The van der Waals surface area contributed by atoms with Crippen molar-refractivity contribution >= 4 is 32.9 Å². The third-order valence-corrected chi connectivity index (χ3v) is 4.38. The first kappa shape index (κ1) is 10.8. The number of benzene rings is 1. The van der Waals surface area contributed by atoms with E-state index in [4.69, 9.17) is 5.73 Å². The van der Waals surface area contributed by atoms with Crippen LogP contribution in [0.1, 0.15) is 15.7 Å². The van der Waals surface area contributed by atoms with Crippen molar-refractivity contribution in [3.8, 4) is 0 Å². The molecule has 0 aliphatic heterocycles. The molecule has 0 spiro atoms. The molecule has 2 aromatic heterocycles.